The molecule has 0 saturated carbocycles. The molecular formula is C56H46N4O12. The first-order valence-electron chi connectivity index (χ1n) is 22.7. The van der Waals surface area contributed by atoms with Gasteiger partial charge in [0.25, 0.3) is 0 Å². The number of ether oxygens (including phenoxy) is 4. The molecule has 0 aliphatic carbocycles. The van der Waals surface area contributed by atoms with Gasteiger partial charge in [0.2, 0.25) is 0 Å². The molecule has 16 heteroatoms. The number of hydrogen-bond acceptors (Lipinski definition) is 10. The van der Waals surface area contributed by atoms with E-state index in [4.69, 9.17) is 49.3 Å². The van der Waals surface area contributed by atoms with Gasteiger partial charge < -0.3 is 49.3 Å². The predicted molar refractivity (Wildman–Crippen MR) is 270 cm³/mol. The van der Waals surface area contributed by atoms with Crippen LogP contribution in [0.25, 0.3) is 90.9 Å². The van der Waals surface area contributed by atoms with Gasteiger partial charge in [0.05, 0.1) is 49.2 Å². The van der Waals surface area contributed by atoms with Crippen molar-refractivity contribution in [3.63, 3.8) is 0 Å². The molecule has 0 radical (unpaired) electrons. The molecule has 8 bridgehead atoms. The van der Waals surface area contributed by atoms with Gasteiger partial charge in [0.1, 0.15) is 26.4 Å². The Labute approximate surface area is 411 Å². The van der Waals surface area contributed by atoms with E-state index in [1.54, 1.807) is 0 Å². The van der Waals surface area contributed by atoms with Gasteiger partial charge in [-0.1, -0.05) is 97.1 Å². The Morgan fingerprint density at radius 2 is 0.542 bits per heavy atom. The quantitative estimate of drug-likeness (QED) is 0.0417. The maximum absolute atomic E-state index is 11.2. The number of nitrogens with one attached hydrogen (secondary N) is 2. The molecule has 0 fully saturated rings. The van der Waals surface area contributed by atoms with Crippen LogP contribution >= 0.6 is 0 Å². The highest BCUT2D eigenvalue weighted by molar-refractivity contribution is 6.00. The molecule has 0 saturated heterocycles. The van der Waals surface area contributed by atoms with Gasteiger partial charge in [0, 0.05) is 44.3 Å². The molecule has 72 heavy (non-hydrogen) atoms. The number of rotatable bonds is 20. The Morgan fingerprint density at radius 3 is 0.736 bits per heavy atom. The summed E-state index contributed by atoms with van der Waals surface area (Å²) < 4.78 is 21.5. The number of nitrogens with zero attached hydrogens (tertiary/aromatic N) is 2. The van der Waals surface area contributed by atoms with Gasteiger partial charge in [-0.15, -0.1) is 0 Å². The Balaban J connectivity index is 1.29. The Hall–Kier alpha value is -8.80. The predicted octanol–water partition coefficient (Wildman–Crippen LogP) is 9.73. The topological polar surface area (TPSA) is 243 Å². The van der Waals surface area contributed by atoms with Crippen molar-refractivity contribution in [3.8, 4) is 44.5 Å². The number of carboxylic acid groups (broad SMARTS) is 4. The van der Waals surface area contributed by atoms with Crippen LogP contribution in [0.1, 0.15) is 45.0 Å². The van der Waals surface area contributed by atoms with E-state index in [1.165, 1.54) is 0 Å². The number of aliphatic carboxylic acids is 4. The summed E-state index contributed by atoms with van der Waals surface area (Å²) in [4.78, 5) is 62.7. The summed E-state index contributed by atoms with van der Waals surface area (Å²) in [5.74, 6) is -4.23. The minimum absolute atomic E-state index is 0.111. The van der Waals surface area contributed by atoms with Crippen LogP contribution in [0.3, 0.4) is 0 Å². The van der Waals surface area contributed by atoms with Crippen molar-refractivity contribution in [2.45, 2.75) is 26.4 Å². The maximum Gasteiger partial charge on any atom is 0.329 e. The lowest BCUT2D eigenvalue weighted by molar-refractivity contribution is -0.143. The number of hydrogen-bond donors (Lipinski definition) is 6. The third-order valence-corrected chi connectivity index (χ3v) is 11.7. The number of aromatic amines is 2. The molecule has 2 aliphatic rings. The van der Waals surface area contributed by atoms with Crippen LogP contribution in [-0.2, 0) is 64.6 Å². The van der Waals surface area contributed by atoms with Crippen molar-refractivity contribution in [1.29, 1.82) is 0 Å². The maximum atomic E-state index is 11.2. The minimum Gasteiger partial charge on any atom is -0.480 e. The van der Waals surface area contributed by atoms with Crippen LogP contribution in [0.4, 0.5) is 0 Å². The average molecular weight is 967 g/mol. The van der Waals surface area contributed by atoms with Gasteiger partial charge in [-0.3, -0.25) is 0 Å². The van der Waals surface area contributed by atoms with Gasteiger partial charge in [-0.2, -0.15) is 0 Å². The third-order valence-electron chi connectivity index (χ3n) is 11.7. The molecule has 0 atom stereocenters. The largest absolute Gasteiger partial charge is 0.480 e. The highest BCUT2D eigenvalue weighted by atomic mass is 16.5. The van der Waals surface area contributed by atoms with Crippen LogP contribution < -0.4 is 0 Å². The molecule has 0 spiro atoms. The van der Waals surface area contributed by atoms with E-state index in [9.17, 15) is 19.2 Å². The van der Waals surface area contributed by atoms with E-state index in [-0.39, 0.29) is 26.4 Å². The normalized spacial score (nSPS) is 11.8. The first kappa shape index (κ1) is 48.2. The van der Waals surface area contributed by atoms with Crippen molar-refractivity contribution < 1.29 is 58.6 Å². The van der Waals surface area contributed by atoms with Crippen LogP contribution in [0.15, 0.2) is 121 Å². The number of benzene rings is 4. The molecular weight excluding hydrogens is 921 g/mol. The van der Waals surface area contributed by atoms with Gasteiger partial charge >= 0.3 is 23.9 Å². The molecule has 0 amide bonds. The monoisotopic (exact) mass is 966 g/mol. The van der Waals surface area contributed by atoms with E-state index < -0.39 is 50.3 Å². The first-order valence-corrected chi connectivity index (χ1v) is 22.7. The Morgan fingerprint density at radius 1 is 0.333 bits per heavy atom. The number of carbonyl (C=O) groups is 4. The van der Waals surface area contributed by atoms with Crippen LogP contribution in [-0.4, -0.2) is 90.7 Å². The van der Waals surface area contributed by atoms with Crippen LogP contribution in [0.5, 0.6) is 0 Å². The van der Waals surface area contributed by atoms with E-state index in [0.29, 0.717) is 22.8 Å². The van der Waals surface area contributed by atoms with Crippen LogP contribution in [0.2, 0.25) is 0 Å². The summed E-state index contributed by atoms with van der Waals surface area (Å²) in [5.41, 5.74) is 15.2. The summed E-state index contributed by atoms with van der Waals surface area (Å²) in [5, 5.41) is 36.5. The zero-order chi connectivity index (χ0) is 50.1. The van der Waals surface area contributed by atoms with Crippen molar-refractivity contribution in [2.75, 3.05) is 26.4 Å². The lowest BCUT2D eigenvalue weighted by Crippen LogP contribution is -2.06. The van der Waals surface area contributed by atoms with Crippen molar-refractivity contribution >= 4 is 70.2 Å². The third kappa shape index (κ3) is 11.4. The Kier molecular flexibility index (Phi) is 14.7. The zero-order valence-corrected chi connectivity index (χ0v) is 38.5. The highest BCUT2D eigenvalue weighted by Gasteiger charge is 2.20. The molecule has 0 unspecified atom stereocenters. The fourth-order valence-corrected chi connectivity index (χ4v) is 8.52. The molecule has 9 rings (SSSR count). The lowest BCUT2D eigenvalue weighted by atomic mass is 10.0. The van der Waals surface area contributed by atoms with E-state index in [2.05, 4.69) is 9.97 Å². The highest BCUT2D eigenvalue weighted by Crippen LogP contribution is 2.39. The number of H-pyrrole nitrogens is 2. The molecule has 2 aliphatic heterocycles. The van der Waals surface area contributed by atoms with E-state index >= 15 is 0 Å². The van der Waals surface area contributed by atoms with E-state index in [0.717, 1.165) is 88.8 Å². The second kappa shape index (κ2) is 21.9. The minimum atomic E-state index is -1.06. The summed E-state index contributed by atoms with van der Waals surface area (Å²) >= 11 is 0. The van der Waals surface area contributed by atoms with Gasteiger partial charge in [-0.05, 0) is 93.1 Å². The fourth-order valence-electron chi connectivity index (χ4n) is 8.52. The molecule has 3 aromatic heterocycles. The Bertz CT molecular complexity index is 2970. The first-order chi connectivity index (χ1) is 34.9. The lowest BCUT2D eigenvalue weighted by Gasteiger charge is -2.09. The van der Waals surface area contributed by atoms with Gasteiger partial charge in [-0.25, -0.2) is 29.1 Å². The fraction of sp³-hybridized carbons (Fsp3) is 0.143. The molecule has 16 nitrogen and oxygen atoms in total. The molecule has 4 aromatic carbocycles. The standard InChI is InChI=1S/C56H46N4O12/c61-49(62)29-69-25-33-1-9-37(10-2-33)53-41-17-19-43(57-41)54(38-11-3-34(4-12-38)26-70-30-50(63)64)45-21-23-47(59-45)56(40-15-7-36(8-16-40)28-72-32-52(67)68)48-24-22-46(60-48)55(44-20-18-42(53)58-44)39-13-5-35(6-14-39)27-71-31-51(65)66/h1-24,57,60H,25-32H2,(H,61,62)(H,63,64)(H,65,66)(H,67,68). The number of carboxylic acids is 4. The molecule has 5 heterocycles. The molecule has 7 aromatic rings. The van der Waals surface area contributed by atoms with Crippen LogP contribution in [0, 0.1) is 0 Å². The molecule has 362 valence electrons. The SMILES string of the molecule is O=C(O)COCc1ccc(-c2c3nc(c(-c4ccc(COCC(=O)O)cc4)c4ccc([nH]4)c(-c4ccc(COCC(=O)O)cc4)c4nc(c(-c5ccc(COCC(=O)O)cc5)c5ccc2[nH]5)C=C4)C=C3)cc1. The smallest absolute Gasteiger partial charge is 0.329 e. The number of fused-ring (bicyclic) bond motifs is 8. The average Bonchev–Trinajstić information content (AvgIpc) is 4.22. The summed E-state index contributed by atoms with van der Waals surface area (Å²) in [6, 6.07) is 38.7. The van der Waals surface area contributed by atoms with Crippen molar-refractivity contribution in [3.05, 3.63) is 166 Å². The summed E-state index contributed by atoms with van der Waals surface area (Å²) in [6.07, 6.45) is 7.85. The summed E-state index contributed by atoms with van der Waals surface area (Å²) in [7, 11) is 0. The van der Waals surface area contributed by atoms with Crippen molar-refractivity contribution in [2.24, 2.45) is 0 Å². The van der Waals surface area contributed by atoms with Crippen molar-refractivity contribution in [1.82, 2.24) is 19.9 Å². The zero-order valence-electron chi connectivity index (χ0n) is 38.5. The molecule has 6 N–H and O–H groups in total. The van der Waals surface area contributed by atoms with E-state index in [1.807, 2.05) is 146 Å². The second-order valence-electron chi connectivity index (χ2n) is 16.8. The number of aromatic nitrogens is 4. The van der Waals surface area contributed by atoms with Gasteiger partial charge in [0.15, 0.2) is 0 Å². The summed E-state index contributed by atoms with van der Waals surface area (Å²) in [6.45, 7) is -1.25. The second-order valence-corrected chi connectivity index (χ2v) is 16.8.